The normalized spacial score (nSPS) is 60.4. The fourth-order valence-corrected chi connectivity index (χ4v) is 2.26. The fourth-order valence-electron chi connectivity index (χ4n) is 2.26. The SMILES string of the molecule is CC1(CO)O[C@](C)(O)C(C)(O)[C@](C)(O)[C@@]1(C)O. The van der Waals surface area contributed by atoms with Gasteiger partial charge in [0.1, 0.15) is 22.4 Å². The highest BCUT2D eigenvalue weighted by Crippen LogP contribution is 2.52. The van der Waals surface area contributed by atoms with Gasteiger partial charge in [0.05, 0.1) is 6.61 Å². The first-order valence-electron chi connectivity index (χ1n) is 5.47. The number of rotatable bonds is 1. The van der Waals surface area contributed by atoms with Gasteiger partial charge in [-0.05, 0) is 34.6 Å². The van der Waals surface area contributed by atoms with Gasteiger partial charge in [-0.1, -0.05) is 0 Å². The van der Waals surface area contributed by atoms with E-state index in [1.54, 1.807) is 0 Å². The van der Waals surface area contributed by atoms with Crippen LogP contribution in [0.25, 0.3) is 0 Å². The third-order valence-electron chi connectivity index (χ3n) is 4.55. The molecule has 0 aromatic rings. The summed E-state index contributed by atoms with van der Waals surface area (Å²) in [7, 11) is 0. The predicted octanol–water partition coefficient (Wildman–Crippen LogP) is -1.27. The number of aliphatic hydroxyl groups is 5. The highest BCUT2D eigenvalue weighted by atomic mass is 16.7. The third kappa shape index (κ3) is 1.49. The molecule has 0 aromatic carbocycles. The molecular weight excluding hydrogens is 228 g/mol. The second kappa shape index (κ2) is 3.40. The van der Waals surface area contributed by atoms with Crippen molar-refractivity contribution in [2.24, 2.45) is 0 Å². The van der Waals surface area contributed by atoms with Crippen LogP contribution in [0.5, 0.6) is 0 Å². The molecule has 0 amide bonds. The quantitative estimate of drug-likeness (QED) is 0.397. The highest BCUT2D eigenvalue weighted by Gasteiger charge is 2.73. The summed E-state index contributed by atoms with van der Waals surface area (Å²) in [5.74, 6) is -2.11. The zero-order valence-electron chi connectivity index (χ0n) is 10.9. The van der Waals surface area contributed by atoms with E-state index in [1.165, 1.54) is 34.6 Å². The van der Waals surface area contributed by atoms with E-state index >= 15 is 0 Å². The molecule has 1 aliphatic rings. The highest BCUT2D eigenvalue weighted by molar-refractivity contribution is 5.21. The molecule has 0 aromatic heterocycles. The molecule has 17 heavy (non-hydrogen) atoms. The first-order chi connectivity index (χ1) is 7.27. The van der Waals surface area contributed by atoms with Crippen LogP contribution >= 0.6 is 0 Å². The van der Waals surface area contributed by atoms with E-state index in [0.29, 0.717) is 0 Å². The van der Waals surface area contributed by atoms with Crippen molar-refractivity contribution in [3.8, 4) is 0 Å². The molecule has 0 spiro atoms. The average molecular weight is 250 g/mol. The van der Waals surface area contributed by atoms with Gasteiger partial charge < -0.3 is 30.3 Å². The van der Waals surface area contributed by atoms with Crippen molar-refractivity contribution in [3.05, 3.63) is 0 Å². The second-order valence-electron chi connectivity index (χ2n) is 5.69. The Hall–Kier alpha value is -0.240. The van der Waals surface area contributed by atoms with Crippen LogP contribution in [0.3, 0.4) is 0 Å². The summed E-state index contributed by atoms with van der Waals surface area (Å²) >= 11 is 0. The van der Waals surface area contributed by atoms with Crippen LogP contribution in [0.2, 0.25) is 0 Å². The molecular formula is C11H22O6. The van der Waals surface area contributed by atoms with Gasteiger partial charge in [0.15, 0.2) is 5.79 Å². The van der Waals surface area contributed by atoms with E-state index < -0.39 is 34.8 Å². The van der Waals surface area contributed by atoms with Crippen molar-refractivity contribution < 1.29 is 30.3 Å². The third-order valence-corrected chi connectivity index (χ3v) is 4.55. The van der Waals surface area contributed by atoms with E-state index in [9.17, 15) is 25.5 Å². The Labute approximate surface area is 100 Å². The number of hydrogen-bond donors (Lipinski definition) is 5. The Balaban J connectivity index is 3.46. The van der Waals surface area contributed by atoms with Gasteiger partial charge >= 0.3 is 0 Å². The predicted molar refractivity (Wildman–Crippen MR) is 59.1 cm³/mol. The summed E-state index contributed by atoms with van der Waals surface area (Å²) in [6.07, 6.45) is 0. The van der Waals surface area contributed by atoms with Crippen LogP contribution < -0.4 is 0 Å². The molecule has 5 atom stereocenters. The van der Waals surface area contributed by atoms with Crippen LogP contribution in [0.1, 0.15) is 34.6 Å². The standard InChI is InChI=1S/C11H22O6/c1-7(6-12)8(2,13)9(3,14)10(4,15)11(5,16)17-7/h12-16H,6H2,1-5H3/t7?,8-,9+,10?,11-/m0/s1. The van der Waals surface area contributed by atoms with E-state index in [2.05, 4.69) is 0 Å². The van der Waals surface area contributed by atoms with Crippen LogP contribution in [-0.2, 0) is 4.74 Å². The summed E-state index contributed by atoms with van der Waals surface area (Å²) in [5.41, 5.74) is -7.76. The van der Waals surface area contributed by atoms with Gasteiger partial charge in [-0.15, -0.1) is 0 Å². The van der Waals surface area contributed by atoms with Crippen LogP contribution in [-0.4, -0.2) is 60.3 Å². The Morgan fingerprint density at radius 2 is 1.18 bits per heavy atom. The Kier molecular flexibility index (Phi) is 2.97. The monoisotopic (exact) mass is 250 g/mol. The van der Waals surface area contributed by atoms with Crippen molar-refractivity contribution in [1.82, 2.24) is 0 Å². The zero-order valence-corrected chi connectivity index (χ0v) is 10.9. The van der Waals surface area contributed by atoms with E-state index in [-0.39, 0.29) is 0 Å². The van der Waals surface area contributed by atoms with Crippen molar-refractivity contribution in [2.75, 3.05) is 6.61 Å². The van der Waals surface area contributed by atoms with Gasteiger partial charge in [-0.25, -0.2) is 0 Å². The molecule has 5 N–H and O–H groups in total. The average Bonchev–Trinajstić information content (AvgIpc) is 2.14. The lowest BCUT2D eigenvalue weighted by molar-refractivity contribution is -0.449. The Bertz CT molecular complexity index is 320. The fraction of sp³-hybridized carbons (Fsp3) is 1.00. The molecule has 1 aliphatic heterocycles. The topological polar surface area (TPSA) is 110 Å². The first-order valence-corrected chi connectivity index (χ1v) is 5.47. The number of ether oxygens (including phenoxy) is 1. The molecule has 1 saturated heterocycles. The Morgan fingerprint density at radius 1 is 0.765 bits per heavy atom. The minimum Gasteiger partial charge on any atom is -0.393 e. The Morgan fingerprint density at radius 3 is 1.53 bits per heavy atom. The first kappa shape index (κ1) is 14.8. The maximum atomic E-state index is 10.4. The molecule has 1 rings (SSSR count). The molecule has 2 unspecified atom stereocenters. The van der Waals surface area contributed by atoms with Gasteiger partial charge in [0.2, 0.25) is 0 Å². The summed E-state index contributed by atoms with van der Waals surface area (Å²) in [4.78, 5) is 0. The molecule has 102 valence electrons. The van der Waals surface area contributed by atoms with Crippen molar-refractivity contribution in [3.63, 3.8) is 0 Å². The van der Waals surface area contributed by atoms with Crippen LogP contribution in [0, 0.1) is 0 Å². The summed E-state index contributed by atoms with van der Waals surface area (Å²) in [5, 5.41) is 50.4. The zero-order chi connectivity index (χ0) is 13.9. The van der Waals surface area contributed by atoms with Gasteiger partial charge in [0.25, 0.3) is 0 Å². The van der Waals surface area contributed by atoms with Crippen LogP contribution in [0.4, 0.5) is 0 Å². The van der Waals surface area contributed by atoms with Crippen molar-refractivity contribution in [1.29, 1.82) is 0 Å². The van der Waals surface area contributed by atoms with Gasteiger partial charge in [-0.3, -0.25) is 0 Å². The molecule has 0 aliphatic carbocycles. The van der Waals surface area contributed by atoms with E-state index in [4.69, 9.17) is 4.74 Å². The maximum absolute atomic E-state index is 10.4. The summed E-state index contributed by atoms with van der Waals surface area (Å²) in [6, 6.07) is 0. The van der Waals surface area contributed by atoms with Gasteiger partial charge in [0, 0.05) is 0 Å². The molecule has 1 heterocycles. The lowest BCUT2D eigenvalue weighted by Gasteiger charge is -2.63. The maximum Gasteiger partial charge on any atom is 0.195 e. The summed E-state index contributed by atoms with van der Waals surface area (Å²) in [6.45, 7) is 5.50. The van der Waals surface area contributed by atoms with Crippen molar-refractivity contribution >= 4 is 0 Å². The molecule has 0 radical (unpaired) electrons. The minimum absolute atomic E-state index is 0.623. The van der Waals surface area contributed by atoms with Gasteiger partial charge in [-0.2, -0.15) is 0 Å². The lowest BCUT2D eigenvalue weighted by atomic mass is 9.61. The molecule has 0 saturated carbocycles. The minimum atomic E-state index is -2.11. The molecule has 6 heteroatoms. The van der Waals surface area contributed by atoms with E-state index in [0.717, 1.165) is 0 Å². The second-order valence-corrected chi connectivity index (χ2v) is 5.69. The molecule has 6 nitrogen and oxygen atoms in total. The van der Waals surface area contributed by atoms with E-state index in [1.807, 2.05) is 0 Å². The number of hydrogen-bond acceptors (Lipinski definition) is 6. The largest absolute Gasteiger partial charge is 0.393 e. The lowest BCUT2D eigenvalue weighted by Crippen LogP contribution is -2.84. The van der Waals surface area contributed by atoms with Crippen LogP contribution in [0.15, 0.2) is 0 Å². The smallest absolute Gasteiger partial charge is 0.195 e. The van der Waals surface area contributed by atoms with Crippen molar-refractivity contribution in [2.45, 2.75) is 62.8 Å². The number of aliphatic hydroxyl groups excluding tert-OH is 1. The summed E-state index contributed by atoms with van der Waals surface area (Å²) < 4.78 is 5.22. The molecule has 1 fully saturated rings. The molecule has 0 bridgehead atoms.